The lowest BCUT2D eigenvalue weighted by molar-refractivity contribution is -0.116. The molecule has 1 aromatic carbocycles. The molecule has 1 fully saturated rings. The van der Waals surface area contributed by atoms with E-state index in [9.17, 15) is 4.79 Å². The van der Waals surface area contributed by atoms with Crippen LogP contribution in [0.4, 0.5) is 5.69 Å². The standard InChI is InChI=1S/C20H23Cl2N3O/c21-16-12-18(22)19(23-13-16)14-25-10-8-15(9-11-25)6-7-20(26)24-17-4-2-1-3-5-17/h1-5,12-13,15H,6-11,14H2,(H,24,26). The van der Waals surface area contributed by atoms with Crippen LogP contribution in [0.2, 0.25) is 10.0 Å². The zero-order chi connectivity index (χ0) is 18.4. The molecule has 1 aliphatic rings. The van der Waals surface area contributed by atoms with Gasteiger partial charge in [-0.1, -0.05) is 41.4 Å². The highest BCUT2D eigenvalue weighted by atomic mass is 35.5. The summed E-state index contributed by atoms with van der Waals surface area (Å²) in [5.74, 6) is 0.692. The highest BCUT2D eigenvalue weighted by Gasteiger charge is 2.21. The van der Waals surface area contributed by atoms with Gasteiger partial charge >= 0.3 is 0 Å². The highest BCUT2D eigenvalue weighted by molar-refractivity contribution is 6.34. The summed E-state index contributed by atoms with van der Waals surface area (Å²) in [7, 11) is 0. The Hall–Kier alpha value is -1.62. The van der Waals surface area contributed by atoms with E-state index >= 15 is 0 Å². The number of aromatic nitrogens is 1. The third kappa shape index (κ3) is 5.70. The molecule has 6 heteroatoms. The molecular weight excluding hydrogens is 369 g/mol. The van der Waals surface area contributed by atoms with Crippen molar-refractivity contribution >= 4 is 34.8 Å². The van der Waals surface area contributed by atoms with Crippen LogP contribution < -0.4 is 5.32 Å². The third-order valence-electron chi connectivity index (χ3n) is 4.80. The lowest BCUT2D eigenvalue weighted by Gasteiger charge is -2.31. The Labute approximate surface area is 164 Å². The van der Waals surface area contributed by atoms with E-state index in [1.165, 1.54) is 0 Å². The first-order valence-electron chi connectivity index (χ1n) is 8.97. The zero-order valence-electron chi connectivity index (χ0n) is 14.6. The van der Waals surface area contributed by atoms with Crippen LogP contribution in [0.25, 0.3) is 0 Å². The Bertz CT molecular complexity index is 731. The molecule has 0 unspecified atom stereocenters. The first kappa shape index (κ1) is 19.2. The van der Waals surface area contributed by atoms with Crippen molar-refractivity contribution in [1.29, 1.82) is 0 Å². The normalized spacial score (nSPS) is 15.8. The summed E-state index contributed by atoms with van der Waals surface area (Å²) in [4.78, 5) is 18.8. The number of amides is 1. The van der Waals surface area contributed by atoms with Gasteiger partial charge in [0.2, 0.25) is 5.91 Å². The Morgan fingerprint density at radius 2 is 1.92 bits per heavy atom. The first-order chi connectivity index (χ1) is 12.6. The number of hydrogen-bond acceptors (Lipinski definition) is 3. The van der Waals surface area contributed by atoms with E-state index in [2.05, 4.69) is 15.2 Å². The molecule has 1 amide bonds. The van der Waals surface area contributed by atoms with Gasteiger partial charge in [-0.2, -0.15) is 0 Å². The molecule has 0 saturated carbocycles. The van der Waals surface area contributed by atoms with E-state index in [-0.39, 0.29) is 5.91 Å². The minimum atomic E-state index is 0.0933. The molecule has 2 aromatic rings. The molecule has 0 spiro atoms. The number of likely N-dealkylation sites (tertiary alicyclic amines) is 1. The summed E-state index contributed by atoms with van der Waals surface area (Å²) in [5.41, 5.74) is 1.73. The van der Waals surface area contributed by atoms with E-state index < -0.39 is 0 Å². The molecule has 1 aliphatic heterocycles. The van der Waals surface area contributed by atoms with Crippen LogP contribution >= 0.6 is 23.2 Å². The zero-order valence-corrected chi connectivity index (χ0v) is 16.1. The highest BCUT2D eigenvalue weighted by Crippen LogP contribution is 2.25. The second-order valence-electron chi connectivity index (χ2n) is 6.75. The molecule has 2 heterocycles. The maximum Gasteiger partial charge on any atom is 0.224 e. The Morgan fingerprint density at radius 1 is 1.19 bits per heavy atom. The van der Waals surface area contributed by atoms with E-state index in [4.69, 9.17) is 23.2 Å². The summed E-state index contributed by atoms with van der Waals surface area (Å²) in [6, 6.07) is 11.3. The van der Waals surface area contributed by atoms with Crippen molar-refractivity contribution in [2.75, 3.05) is 18.4 Å². The number of hydrogen-bond donors (Lipinski definition) is 1. The third-order valence-corrected chi connectivity index (χ3v) is 5.34. The van der Waals surface area contributed by atoms with Gasteiger partial charge in [0.1, 0.15) is 0 Å². The van der Waals surface area contributed by atoms with Crippen LogP contribution in [-0.2, 0) is 11.3 Å². The average Bonchev–Trinajstić information content (AvgIpc) is 2.64. The number of para-hydroxylation sites is 1. The van der Waals surface area contributed by atoms with Crippen LogP contribution in [0.5, 0.6) is 0 Å². The van der Waals surface area contributed by atoms with Gasteiger partial charge in [0.05, 0.1) is 15.7 Å². The van der Waals surface area contributed by atoms with Gasteiger partial charge in [0.25, 0.3) is 0 Å². The number of anilines is 1. The number of benzene rings is 1. The fourth-order valence-electron chi connectivity index (χ4n) is 3.28. The molecule has 0 atom stereocenters. The topological polar surface area (TPSA) is 45.2 Å². The molecule has 3 rings (SSSR count). The Kier molecular flexibility index (Phi) is 6.89. The number of nitrogens with one attached hydrogen (secondary N) is 1. The fourth-order valence-corrected chi connectivity index (χ4v) is 3.72. The lowest BCUT2D eigenvalue weighted by atomic mass is 9.92. The number of pyridine rings is 1. The molecule has 1 N–H and O–H groups in total. The minimum absolute atomic E-state index is 0.0933. The Balaban J connectivity index is 1.39. The van der Waals surface area contributed by atoms with Crippen molar-refractivity contribution < 1.29 is 4.79 Å². The number of piperidine rings is 1. The predicted molar refractivity (Wildman–Crippen MR) is 107 cm³/mol. The Morgan fingerprint density at radius 3 is 2.62 bits per heavy atom. The van der Waals surface area contributed by atoms with Crippen molar-refractivity contribution in [2.24, 2.45) is 5.92 Å². The summed E-state index contributed by atoms with van der Waals surface area (Å²) >= 11 is 12.1. The summed E-state index contributed by atoms with van der Waals surface area (Å²) < 4.78 is 0. The molecule has 0 radical (unpaired) electrons. The maximum atomic E-state index is 12.1. The van der Waals surface area contributed by atoms with E-state index in [1.54, 1.807) is 12.3 Å². The van der Waals surface area contributed by atoms with Crippen LogP contribution in [0.1, 0.15) is 31.4 Å². The minimum Gasteiger partial charge on any atom is -0.326 e. The summed E-state index contributed by atoms with van der Waals surface area (Å²) in [6.07, 6.45) is 5.35. The monoisotopic (exact) mass is 391 g/mol. The fraction of sp³-hybridized carbons (Fsp3) is 0.400. The SMILES string of the molecule is O=C(CCC1CCN(Cc2ncc(Cl)cc2Cl)CC1)Nc1ccccc1. The molecule has 26 heavy (non-hydrogen) atoms. The van der Waals surface area contributed by atoms with E-state index in [1.807, 2.05) is 30.3 Å². The first-order valence-corrected chi connectivity index (χ1v) is 9.73. The lowest BCUT2D eigenvalue weighted by Crippen LogP contribution is -2.33. The van der Waals surface area contributed by atoms with Crippen molar-refractivity contribution in [3.63, 3.8) is 0 Å². The molecule has 4 nitrogen and oxygen atoms in total. The maximum absolute atomic E-state index is 12.1. The van der Waals surface area contributed by atoms with E-state index in [0.717, 1.165) is 50.3 Å². The number of nitrogens with zero attached hydrogens (tertiary/aromatic N) is 2. The number of rotatable bonds is 6. The largest absolute Gasteiger partial charge is 0.326 e. The second-order valence-corrected chi connectivity index (χ2v) is 7.60. The van der Waals surface area contributed by atoms with Gasteiger partial charge in [0.15, 0.2) is 0 Å². The van der Waals surface area contributed by atoms with Crippen molar-refractivity contribution in [3.05, 3.63) is 58.3 Å². The quantitative estimate of drug-likeness (QED) is 0.751. The average molecular weight is 392 g/mol. The second kappa shape index (κ2) is 9.36. The predicted octanol–water partition coefficient (Wildman–Crippen LogP) is 5.02. The molecule has 0 bridgehead atoms. The van der Waals surface area contributed by atoms with Gasteiger partial charge < -0.3 is 5.32 Å². The van der Waals surface area contributed by atoms with Gasteiger partial charge in [-0.3, -0.25) is 14.7 Å². The molecule has 0 aliphatic carbocycles. The van der Waals surface area contributed by atoms with E-state index in [0.29, 0.717) is 22.4 Å². The molecule has 1 saturated heterocycles. The molecule has 1 aromatic heterocycles. The van der Waals surface area contributed by atoms with Crippen LogP contribution in [0.15, 0.2) is 42.6 Å². The van der Waals surface area contributed by atoms with Gasteiger partial charge in [-0.05, 0) is 56.5 Å². The number of carbonyl (C=O) groups excluding carboxylic acids is 1. The van der Waals surface area contributed by atoms with Crippen LogP contribution in [0, 0.1) is 5.92 Å². The van der Waals surface area contributed by atoms with Crippen molar-refractivity contribution in [3.8, 4) is 0 Å². The smallest absolute Gasteiger partial charge is 0.224 e. The van der Waals surface area contributed by atoms with Crippen molar-refractivity contribution in [2.45, 2.75) is 32.2 Å². The van der Waals surface area contributed by atoms with Crippen molar-refractivity contribution in [1.82, 2.24) is 9.88 Å². The molecular formula is C20H23Cl2N3O. The summed E-state index contributed by atoms with van der Waals surface area (Å²) in [6.45, 7) is 2.76. The van der Waals surface area contributed by atoms with Gasteiger partial charge in [-0.15, -0.1) is 0 Å². The summed E-state index contributed by atoms with van der Waals surface area (Å²) in [5, 5.41) is 4.13. The van der Waals surface area contributed by atoms with Gasteiger partial charge in [0, 0.05) is 24.8 Å². The number of halogens is 2. The molecule has 138 valence electrons. The van der Waals surface area contributed by atoms with Crippen LogP contribution in [0.3, 0.4) is 0 Å². The number of carbonyl (C=O) groups is 1. The van der Waals surface area contributed by atoms with Crippen LogP contribution in [-0.4, -0.2) is 28.9 Å². The van der Waals surface area contributed by atoms with Gasteiger partial charge in [-0.25, -0.2) is 0 Å².